The molecule has 0 unspecified atom stereocenters. The summed E-state index contributed by atoms with van der Waals surface area (Å²) in [5.41, 5.74) is 4.29. The number of piperidine rings is 1. The van der Waals surface area contributed by atoms with Gasteiger partial charge >= 0.3 is 0 Å². The van der Waals surface area contributed by atoms with Gasteiger partial charge in [0.15, 0.2) is 0 Å². The highest BCUT2D eigenvalue weighted by Gasteiger charge is 2.20. The average molecular weight is 381 g/mol. The molecule has 1 aliphatic rings. The molecule has 0 atom stereocenters. The van der Waals surface area contributed by atoms with Gasteiger partial charge in [0.2, 0.25) is 0 Å². The topological polar surface area (TPSA) is 8.17 Å². The molecule has 1 fully saturated rings. The number of para-hydroxylation sites is 1. The average Bonchev–Trinajstić information content (AvgIpc) is 3.03. The molecular formula is C24H29ClN2. The van der Waals surface area contributed by atoms with Crippen molar-refractivity contribution < 1.29 is 0 Å². The van der Waals surface area contributed by atoms with Crippen LogP contribution < -0.4 is 0 Å². The second kappa shape index (κ2) is 8.50. The molecule has 142 valence electrons. The minimum atomic E-state index is 0.703. The molecule has 3 heteroatoms. The maximum atomic E-state index is 6.01. The minimum Gasteiger partial charge on any atom is -0.350 e. The summed E-state index contributed by atoms with van der Waals surface area (Å²) >= 11 is 6.01. The molecule has 1 aliphatic heterocycles. The van der Waals surface area contributed by atoms with E-state index < -0.39 is 0 Å². The highest BCUT2D eigenvalue weighted by molar-refractivity contribution is 6.30. The third-order valence-electron chi connectivity index (χ3n) is 6.08. The van der Waals surface area contributed by atoms with Gasteiger partial charge in [0.25, 0.3) is 0 Å². The molecule has 1 aromatic heterocycles. The first-order valence-electron chi connectivity index (χ1n) is 10.2. The summed E-state index contributed by atoms with van der Waals surface area (Å²) in [6, 6.07) is 17.2. The maximum absolute atomic E-state index is 6.01. The monoisotopic (exact) mass is 380 g/mol. The van der Waals surface area contributed by atoms with Crippen molar-refractivity contribution in [3.63, 3.8) is 0 Å². The number of likely N-dealkylation sites (tertiary alicyclic amines) is 1. The predicted molar refractivity (Wildman–Crippen MR) is 116 cm³/mol. The fraction of sp³-hybridized carbons (Fsp3) is 0.417. The van der Waals surface area contributed by atoms with E-state index >= 15 is 0 Å². The van der Waals surface area contributed by atoms with E-state index in [4.69, 9.17) is 11.6 Å². The minimum absolute atomic E-state index is 0.703. The highest BCUT2D eigenvalue weighted by atomic mass is 35.5. The zero-order valence-electron chi connectivity index (χ0n) is 16.2. The molecule has 4 rings (SSSR count). The summed E-state index contributed by atoms with van der Waals surface area (Å²) in [6.45, 7) is 3.68. The Hall–Kier alpha value is -1.77. The number of hydrogen-bond donors (Lipinski definition) is 0. The predicted octanol–water partition coefficient (Wildman–Crippen LogP) is 6.03. The smallest absolute Gasteiger partial charge is 0.0480 e. The van der Waals surface area contributed by atoms with Crippen LogP contribution in [0.2, 0.25) is 5.02 Å². The molecule has 2 heterocycles. The zero-order valence-corrected chi connectivity index (χ0v) is 17.0. The number of halogens is 1. The van der Waals surface area contributed by atoms with Gasteiger partial charge in [0, 0.05) is 29.2 Å². The van der Waals surface area contributed by atoms with Crippen molar-refractivity contribution in [2.24, 2.45) is 7.05 Å². The summed E-state index contributed by atoms with van der Waals surface area (Å²) in [7, 11) is 2.15. The maximum Gasteiger partial charge on any atom is 0.0480 e. The molecular weight excluding hydrogens is 352 g/mol. The molecule has 2 aromatic carbocycles. The van der Waals surface area contributed by atoms with Gasteiger partial charge in [0.1, 0.15) is 0 Å². The molecule has 1 saturated heterocycles. The molecule has 0 spiro atoms. The third kappa shape index (κ3) is 4.39. The molecule has 0 bridgehead atoms. The Balaban J connectivity index is 1.22. The van der Waals surface area contributed by atoms with Crippen molar-refractivity contribution in [1.82, 2.24) is 9.47 Å². The number of rotatable bonds is 6. The normalized spacial score (nSPS) is 16.2. The number of benzene rings is 2. The number of aromatic nitrogens is 1. The third-order valence-corrected chi connectivity index (χ3v) is 6.33. The standard InChI is InChI=1S/C24H29ClN2/c1-26-18-21(23-7-2-3-8-24(23)26)6-4-5-15-27-16-13-20(14-17-27)19-9-11-22(25)12-10-19/h2-3,7-12,18,20H,4-6,13-17H2,1H3. The fourth-order valence-electron chi connectivity index (χ4n) is 4.50. The van der Waals surface area contributed by atoms with E-state index in [-0.39, 0.29) is 0 Å². The van der Waals surface area contributed by atoms with Crippen LogP contribution >= 0.6 is 11.6 Å². The van der Waals surface area contributed by atoms with Gasteiger partial charge in [0.05, 0.1) is 0 Å². The lowest BCUT2D eigenvalue weighted by molar-refractivity contribution is 0.209. The number of unbranched alkanes of at least 4 members (excludes halogenated alkanes) is 1. The number of nitrogens with zero attached hydrogens (tertiary/aromatic N) is 2. The quantitative estimate of drug-likeness (QED) is 0.473. The first-order valence-corrected chi connectivity index (χ1v) is 10.6. The Morgan fingerprint density at radius 3 is 2.48 bits per heavy atom. The Bertz CT molecular complexity index is 873. The fourth-order valence-corrected chi connectivity index (χ4v) is 4.63. The molecule has 0 aliphatic carbocycles. The van der Waals surface area contributed by atoms with E-state index in [0.717, 1.165) is 5.02 Å². The Morgan fingerprint density at radius 2 is 1.70 bits per heavy atom. The molecule has 0 radical (unpaired) electrons. The Morgan fingerprint density at radius 1 is 0.963 bits per heavy atom. The summed E-state index contributed by atoms with van der Waals surface area (Å²) in [4.78, 5) is 2.65. The van der Waals surface area contributed by atoms with Gasteiger partial charge in [-0.05, 0) is 87.0 Å². The molecule has 0 saturated carbocycles. The summed E-state index contributed by atoms with van der Waals surface area (Å²) in [5, 5.41) is 2.26. The van der Waals surface area contributed by atoms with Gasteiger partial charge in [-0.2, -0.15) is 0 Å². The van der Waals surface area contributed by atoms with Crippen LogP contribution in [0.1, 0.15) is 42.7 Å². The van der Waals surface area contributed by atoms with Crippen LogP contribution in [0.5, 0.6) is 0 Å². The van der Waals surface area contributed by atoms with Gasteiger partial charge < -0.3 is 9.47 Å². The second-order valence-electron chi connectivity index (χ2n) is 7.91. The van der Waals surface area contributed by atoms with Crippen molar-refractivity contribution in [3.05, 3.63) is 70.9 Å². The van der Waals surface area contributed by atoms with Crippen molar-refractivity contribution in [3.8, 4) is 0 Å². The SMILES string of the molecule is Cn1cc(CCCCN2CCC(c3ccc(Cl)cc3)CC2)c2ccccc21. The number of hydrogen-bond acceptors (Lipinski definition) is 1. The highest BCUT2D eigenvalue weighted by Crippen LogP contribution is 2.29. The van der Waals surface area contributed by atoms with Crippen LogP contribution in [-0.2, 0) is 13.5 Å². The molecule has 2 nitrogen and oxygen atoms in total. The van der Waals surface area contributed by atoms with Gasteiger partial charge in [-0.15, -0.1) is 0 Å². The van der Waals surface area contributed by atoms with Crippen molar-refractivity contribution in [1.29, 1.82) is 0 Å². The molecule has 0 amide bonds. The van der Waals surface area contributed by atoms with Crippen LogP contribution in [-0.4, -0.2) is 29.1 Å². The summed E-state index contributed by atoms with van der Waals surface area (Å²) in [5.74, 6) is 0.703. The lowest BCUT2D eigenvalue weighted by atomic mass is 9.89. The zero-order chi connectivity index (χ0) is 18.6. The van der Waals surface area contributed by atoms with E-state index in [1.807, 2.05) is 12.1 Å². The van der Waals surface area contributed by atoms with E-state index in [2.05, 4.69) is 59.1 Å². The van der Waals surface area contributed by atoms with Crippen molar-refractivity contribution >= 4 is 22.5 Å². The largest absolute Gasteiger partial charge is 0.350 e. The summed E-state index contributed by atoms with van der Waals surface area (Å²) < 4.78 is 2.26. The Labute approximate surface area is 167 Å². The van der Waals surface area contributed by atoms with Crippen molar-refractivity contribution in [2.45, 2.75) is 38.0 Å². The first kappa shape index (κ1) is 18.6. The molecule has 3 aromatic rings. The second-order valence-corrected chi connectivity index (χ2v) is 8.34. The van der Waals surface area contributed by atoms with E-state index in [1.165, 1.54) is 73.8 Å². The molecule has 27 heavy (non-hydrogen) atoms. The lowest BCUT2D eigenvalue weighted by Gasteiger charge is -2.32. The molecule has 0 N–H and O–H groups in total. The van der Waals surface area contributed by atoms with Crippen LogP contribution in [0.4, 0.5) is 0 Å². The number of aryl methyl sites for hydroxylation is 2. The van der Waals surface area contributed by atoms with E-state index in [9.17, 15) is 0 Å². The van der Waals surface area contributed by atoms with Gasteiger partial charge in [-0.1, -0.05) is 41.9 Å². The van der Waals surface area contributed by atoms with E-state index in [0.29, 0.717) is 5.92 Å². The van der Waals surface area contributed by atoms with Crippen LogP contribution in [0, 0.1) is 0 Å². The van der Waals surface area contributed by atoms with E-state index in [1.54, 1.807) is 0 Å². The lowest BCUT2D eigenvalue weighted by Crippen LogP contribution is -2.33. The first-order chi connectivity index (χ1) is 13.2. The van der Waals surface area contributed by atoms with Crippen molar-refractivity contribution in [2.75, 3.05) is 19.6 Å². The Kier molecular flexibility index (Phi) is 5.85. The van der Waals surface area contributed by atoms with Gasteiger partial charge in [-0.25, -0.2) is 0 Å². The van der Waals surface area contributed by atoms with Crippen LogP contribution in [0.25, 0.3) is 10.9 Å². The van der Waals surface area contributed by atoms with Crippen LogP contribution in [0.15, 0.2) is 54.7 Å². The van der Waals surface area contributed by atoms with Crippen LogP contribution in [0.3, 0.4) is 0 Å². The summed E-state index contributed by atoms with van der Waals surface area (Å²) in [6.07, 6.45) is 8.58. The van der Waals surface area contributed by atoms with Gasteiger partial charge in [-0.3, -0.25) is 0 Å². The number of fused-ring (bicyclic) bond motifs is 1.